The molecule has 9 heteroatoms. The highest BCUT2D eigenvalue weighted by molar-refractivity contribution is 6.42. The molecule has 0 aliphatic rings. The Balaban J connectivity index is 3.33. The number of carbonyl (C=O) groups is 1. The van der Waals surface area contributed by atoms with Gasteiger partial charge in [0.1, 0.15) is 0 Å². The van der Waals surface area contributed by atoms with Crippen molar-refractivity contribution in [3.63, 3.8) is 0 Å². The van der Waals surface area contributed by atoms with E-state index < -0.39 is 39.3 Å². The minimum Gasteiger partial charge on any atom is -0.287 e. The van der Waals surface area contributed by atoms with Crippen LogP contribution in [0.3, 0.4) is 0 Å². The predicted molar refractivity (Wildman–Crippen MR) is 51.8 cm³/mol. The molecule has 0 spiro atoms. The number of hydrogen-bond acceptors (Lipinski definition) is 1. The molecule has 1 rings (SSSR count). The van der Waals surface area contributed by atoms with E-state index in [1.807, 2.05) is 0 Å². The SMILES string of the molecule is O=C(c1ccc(Cl)c(Cl)c1F)C(F)(F)C(F)(F)F. The van der Waals surface area contributed by atoms with Gasteiger partial charge in [0.05, 0.1) is 15.6 Å². The zero-order chi connectivity index (χ0) is 14.3. The molecule has 1 nitrogen and oxygen atoms in total. The monoisotopic (exact) mass is 310 g/mol. The average molecular weight is 311 g/mol. The Kier molecular flexibility index (Phi) is 3.88. The summed E-state index contributed by atoms with van der Waals surface area (Å²) < 4.78 is 74.5. The first-order valence-corrected chi connectivity index (χ1v) is 4.88. The van der Waals surface area contributed by atoms with E-state index in [0.29, 0.717) is 6.07 Å². The minimum atomic E-state index is -6.12. The van der Waals surface area contributed by atoms with Gasteiger partial charge in [-0.2, -0.15) is 22.0 Å². The van der Waals surface area contributed by atoms with Crippen LogP contribution in [0.4, 0.5) is 26.3 Å². The van der Waals surface area contributed by atoms with E-state index in [-0.39, 0.29) is 0 Å². The van der Waals surface area contributed by atoms with Gasteiger partial charge in [0, 0.05) is 0 Å². The quantitative estimate of drug-likeness (QED) is 0.446. The lowest BCUT2D eigenvalue weighted by atomic mass is 10.0. The Morgan fingerprint density at radius 1 is 1.06 bits per heavy atom. The smallest absolute Gasteiger partial charge is 0.287 e. The Bertz CT molecular complexity index is 497. The number of Topliss-reactive ketones (excluding diaryl/α,β-unsaturated/α-hetero) is 1. The number of hydrogen-bond donors (Lipinski definition) is 0. The second-order valence-corrected chi connectivity index (χ2v) is 3.91. The van der Waals surface area contributed by atoms with Crippen LogP contribution >= 0.6 is 23.2 Å². The van der Waals surface area contributed by atoms with Gasteiger partial charge in [-0.3, -0.25) is 4.79 Å². The van der Waals surface area contributed by atoms with Crippen molar-refractivity contribution in [1.29, 1.82) is 0 Å². The molecule has 0 fully saturated rings. The van der Waals surface area contributed by atoms with E-state index >= 15 is 0 Å². The van der Waals surface area contributed by atoms with Crippen LogP contribution in [0.5, 0.6) is 0 Å². The molecule has 0 saturated carbocycles. The zero-order valence-corrected chi connectivity index (χ0v) is 9.60. The standard InChI is InChI=1S/C9H2Cl2F6O/c10-4-2-1-3(6(12)5(4)11)7(18)8(13,14)9(15,16)17/h1-2H. The van der Waals surface area contributed by atoms with E-state index in [0.717, 1.165) is 6.07 Å². The lowest BCUT2D eigenvalue weighted by Gasteiger charge is -2.18. The number of carbonyl (C=O) groups excluding carboxylic acids is 1. The first-order valence-electron chi connectivity index (χ1n) is 4.13. The van der Waals surface area contributed by atoms with Crippen LogP contribution in [0.2, 0.25) is 10.0 Å². The van der Waals surface area contributed by atoms with Crippen LogP contribution in [-0.4, -0.2) is 17.9 Å². The molecule has 0 radical (unpaired) electrons. The van der Waals surface area contributed by atoms with Crippen LogP contribution in [0.15, 0.2) is 12.1 Å². The molecule has 0 bridgehead atoms. The van der Waals surface area contributed by atoms with Crippen LogP contribution in [0.1, 0.15) is 10.4 Å². The summed E-state index contributed by atoms with van der Waals surface area (Å²) in [5.74, 6) is -10.2. The van der Waals surface area contributed by atoms with Crippen molar-refractivity contribution in [1.82, 2.24) is 0 Å². The van der Waals surface area contributed by atoms with E-state index in [9.17, 15) is 31.1 Å². The Hall–Kier alpha value is -0.950. The number of rotatable bonds is 2. The van der Waals surface area contributed by atoms with Crippen LogP contribution in [0.25, 0.3) is 0 Å². The maximum absolute atomic E-state index is 13.3. The van der Waals surface area contributed by atoms with Gasteiger partial charge in [0.15, 0.2) is 5.82 Å². The first-order chi connectivity index (χ1) is 8.00. The van der Waals surface area contributed by atoms with E-state index in [1.165, 1.54) is 0 Å². The maximum Gasteiger partial charge on any atom is 0.461 e. The summed E-state index contributed by atoms with van der Waals surface area (Å²) in [6.07, 6.45) is -6.12. The largest absolute Gasteiger partial charge is 0.461 e. The fourth-order valence-electron chi connectivity index (χ4n) is 0.999. The maximum atomic E-state index is 13.3. The number of ketones is 1. The highest BCUT2D eigenvalue weighted by atomic mass is 35.5. The molecule has 1 aromatic carbocycles. The van der Waals surface area contributed by atoms with E-state index in [1.54, 1.807) is 0 Å². The fraction of sp³-hybridized carbons (Fsp3) is 0.222. The molecule has 0 heterocycles. The van der Waals surface area contributed by atoms with Crippen molar-refractivity contribution in [2.45, 2.75) is 12.1 Å². The Morgan fingerprint density at radius 3 is 2.00 bits per heavy atom. The predicted octanol–water partition coefficient (Wildman–Crippen LogP) is 4.51. The molecule has 100 valence electrons. The van der Waals surface area contributed by atoms with Crippen molar-refractivity contribution < 1.29 is 31.1 Å². The Morgan fingerprint density at radius 2 is 1.56 bits per heavy atom. The number of alkyl halides is 5. The summed E-state index contributed by atoms with van der Waals surface area (Å²) in [5, 5.41) is -1.32. The fourth-order valence-corrected chi connectivity index (χ4v) is 1.31. The number of benzene rings is 1. The van der Waals surface area contributed by atoms with Crippen molar-refractivity contribution in [2.24, 2.45) is 0 Å². The summed E-state index contributed by atoms with van der Waals surface area (Å²) >= 11 is 10.5. The summed E-state index contributed by atoms with van der Waals surface area (Å²) in [5.41, 5.74) is -1.48. The minimum absolute atomic E-state index is 0.408. The normalized spacial score (nSPS) is 12.7. The molecule has 0 N–H and O–H groups in total. The second-order valence-electron chi connectivity index (χ2n) is 3.12. The van der Waals surface area contributed by atoms with Gasteiger partial charge in [-0.1, -0.05) is 23.2 Å². The van der Waals surface area contributed by atoms with Crippen LogP contribution in [0, 0.1) is 5.82 Å². The lowest BCUT2D eigenvalue weighted by Crippen LogP contribution is -2.44. The molecule has 0 aromatic heterocycles. The van der Waals surface area contributed by atoms with Crippen molar-refractivity contribution in [3.8, 4) is 0 Å². The van der Waals surface area contributed by atoms with Crippen LogP contribution in [-0.2, 0) is 0 Å². The molecule has 0 unspecified atom stereocenters. The van der Waals surface area contributed by atoms with Crippen molar-refractivity contribution in [2.75, 3.05) is 0 Å². The average Bonchev–Trinajstić information content (AvgIpc) is 2.24. The summed E-state index contributed by atoms with van der Waals surface area (Å²) in [4.78, 5) is 11.0. The summed E-state index contributed by atoms with van der Waals surface area (Å²) in [7, 11) is 0. The summed E-state index contributed by atoms with van der Waals surface area (Å²) in [6, 6.07) is 1.15. The van der Waals surface area contributed by atoms with Gasteiger partial charge in [-0.05, 0) is 12.1 Å². The van der Waals surface area contributed by atoms with Gasteiger partial charge in [0.25, 0.3) is 0 Å². The van der Waals surface area contributed by atoms with Gasteiger partial charge in [0.2, 0.25) is 5.78 Å². The highest BCUT2D eigenvalue weighted by Crippen LogP contribution is 2.39. The third kappa shape index (κ3) is 2.42. The van der Waals surface area contributed by atoms with Gasteiger partial charge < -0.3 is 0 Å². The highest BCUT2D eigenvalue weighted by Gasteiger charge is 2.63. The van der Waals surface area contributed by atoms with Crippen LogP contribution < -0.4 is 0 Å². The lowest BCUT2D eigenvalue weighted by molar-refractivity contribution is -0.255. The molecule has 0 aliphatic heterocycles. The van der Waals surface area contributed by atoms with E-state index in [4.69, 9.17) is 23.2 Å². The van der Waals surface area contributed by atoms with Crippen molar-refractivity contribution >= 4 is 29.0 Å². The molecule has 0 aliphatic carbocycles. The van der Waals surface area contributed by atoms with Gasteiger partial charge in [-0.25, -0.2) is 4.39 Å². The third-order valence-corrected chi connectivity index (χ3v) is 2.70. The topological polar surface area (TPSA) is 17.1 Å². The first kappa shape index (κ1) is 15.1. The molecular weight excluding hydrogens is 309 g/mol. The zero-order valence-electron chi connectivity index (χ0n) is 8.09. The molecular formula is C9H2Cl2F6O. The molecule has 0 amide bonds. The van der Waals surface area contributed by atoms with E-state index in [2.05, 4.69) is 0 Å². The van der Waals surface area contributed by atoms with Crippen molar-refractivity contribution in [3.05, 3.63) is 33.6 Å². The summed E-state index contributed by atoms with van der Waals surface area (Å²) in [6.45, 7) is 0. The molecule has 0 saturated heterocycles. The second kappa shape index (κ2) is 4.62. The molecule has 0 atom stereocenters. The molecule has 18 heavy (non-hydrogen) atoms. The number of halogens is 8. The molecule has 1 aromatic rings. The van der Waals surface area contributed by atoms with Gasteiger partial charge >= 0.3 is 12.1 Å². The third-order valence-electron chi connectivity index (χ3n) is 1.92. The Labute approximate surface area is 106 Å². The van der Waals surface area contributed by atoms with Gasteiger partial charge in [-0.15, -0.1) is 0 Å².